The van der Waals surface area contributed by atoms with Crippen LogP contribution in [0, 0.1) is 5.92 Å². The average Bonchev–Trinajstić information content (AvgIpc) is 2.63. The van der Waals surface area contributed by atoms with E-state index in [0.717, 1.165) is 18.5 Å². The molecule has 0 spiro atoms. The molecule has 0 saturated carbocycles. The molecule has 74 valence electrons. The van der Waals surface area contributed by atoms with Crippen LogP contribution in [-0.2, 0) is 6.42 Å². The Bertz CT molecular complexity index is 257. The highest BCUT2D eigenvalue weighted by atomic mass is 32.1. The molecule has 0 fully saturated rings. The molecule has 2 unspecified atom stereocenters. The van der Waals surface area contributed by atoms with Crippen LogP contribution in [0.2, 0.25) is 0 Å². The standard InChI is InChI=1S/C10H18N2S/c1-4-7(3)10(11)8-6-13-9(5-2)12-8/h6-7,10H,4-5,11H2,1-3H3. The first-order valence-electron chi connectivity index (χ1n) is 4.88. The minimum absolute atomic E-state index is 0.113. The molecule has 1 aromatic heterocycles. The maximum Gasteiger partial charge on any atom is 0.0926 e. The van der Waals surface area contributed by atoms with Gasteiger partial charge in [0.1, 0.15) is 0 Å². The van der Waals surface area contributed by atoms with E-state index in [1.807, 2.05) is 0 Å². The molecule has 0 radical (unpaired) electrons. The van der Waals surface area contributed by atoms with E-state index < -0.39 is 0 Å². The lowest BCUT2D eigenvalue weighted by molar-refractivity contribution is 0.449. The van der Waals surface area contributed by atoms with Gasteiger partial charge in [0.15, 0.2) is 0 Å². The second-order valence-corrected chi connectivity index (χ2v) is 4.37. The molecule has 3 heteroatoms. The van der Waals surface area contributed by atoms with Gasteiger partial charge >= 0.3 is 0 Å². The first-order chi connectivity index (χ1) is 6.19. The van der Waals surface area contributed by atoms with Gasteiger partial charge in [-0.1, -0.05) is 27.2 Å². The molecule has 0 aliphatic rings. The van der Waals surface area contributed by atoms with E-state index in [1.54, 1.807) is 11.3 Å². The molecule has 0 saturated heterocycles. The van der Waals surface area contributed by atoms with E-state index in [0.29, 0.717) is 5.92 Å². The molecule has 0 bridgehead atoms. The lowest BCUT2D eigenvalue weighted by Gasteiger charge is -2.15. The van der Waals surface area contributed by atoms with Crippen LogP contribution < -0.4 is 5.73 Å². The number of nitrogens with two attached hydrogens (primary N) is 1. The minimum Gasteiger partial charge on any atom is -0.322 e. The molecule has 2 nitrogen and oxygen atoms in total. The number of nitrogens with zero attached hydrogens (tertiary/aromatic N) is 1. The zero-order valence-corrected chi connectivity index (χ0v) is 9.40. The van der Waals surface area contributed by atoms with Crippen molar-refractivity contribution in [3.8, 4) is 0 Å². The Morgan fingerprint density at radius 1 is 1.54 bits per heavy atom. The number of rotatable bonds is 4. The number of aromatic nitrogens is 1. The van der Waals surface area contributed by atoms with E-state index in [1.165, 1.54) is 5.01 Å². The zero-order valence-electron chi connectivity index (χ0n) is 8.58. The van der Waals surface area contributed by atoms with Crippen molar-refractivity contribution in [3.63, 3.8) is 0 Å². The Balaban J connectivity index is 2.70. The maximum atomic E-state index is 6.06. The van der Waals surface area contributed by atoms with Gasteiger partial charge in [0.2, 0.25) is 0 Å². The number of aryl methyl sites for hydroxylation is 1. The first-order valence-corrected chi connectivity index (χ1v) is 5.76. The van der Waals surface area contributed by atoms with Gasteiger partial charge in [-0.3, -0.25) is 0 Å². The first kappa shape index (κ1) is 10.7. The van der Waals surface area contributed by atoms with Gasteiger partial charge in [0, 0.05) is 5.38 Å². The average molecular weight is 198 g/mol. The highest BCUT2D eigenvalue weighted by Gasteiger charge is 2.15. The topological polar surface area (TPSA) is 38.9 Å². The summed E-state index contributed by atoms with van der Waals surface area (Å²) in [6, 6.07) is 0.113. The summed E-state index contributed by atoms with van der Waals surface area (Å²) in [5.41, 5.74) is 7.13. The van der Waals surface area contributed by atoms with E-state index in [2.05, 4.69) is 31.1 Å². The van der Waals surface area contributed by atoms with Gasteiger partial charge in [-0.2, -0.15) is 0 Å². The highest BCUT2D eigenvalue weighted by molar-refractivity contribution is 7.09. The van der Waals surface area contributed by atoms with Crippen molar-refractivity contribution in [2.45, 2.75) is 39.7 Å². The number of hydrogen-bond acceptors (Lipinski definition) is 3. The SMILES string of the molecule is CCc1nc(C(N)C(C)CC)cs1. The van der Waals surface area contributed by atoms with Crippen LogP contribution in [0.3, 0.4) is 0 Å². The van der Waals surface area contributed by atoms with Gasteiger partial charge in [-0.05, 0) is 12.3 Å². The summed E-state index contributed by atoms with van der Waals surface area (Å²) in [6.45, 7) is 6.46. The summed E-state index contributed by atoms with van der Waals surface area (Å²) < 4.78 is 0. The van der Waals surface area contributed by atoms with Gasteiger partial charge in [0.25, 0.3) is 0 Å². The van der Waals surface area contributed by atoms with Gasteiger partial charge in [-0.25, -0.2) is 4.98 Å². The Hall–Kier alpha value is -0.410. The lowest BCUT2D eigenvalue weighted by atomic mass is 9.98. The van der Waals surface area contributed by atoms with Gasteiger partial charge in [0.05, 0.1) is 16.7 Å². The molecule has 13 heavy (non-hydrogen) atoms. The fourth-order valence-corrected chi connectivity index (χ4v) is 1.98. The molecular formula is C10H18N2S. The van der Waals surface area contributed by atoms with Crippen LogP contribution >= 0.6 is 11.3 Å². The molecular weight excluding hydrogens is 180 g/mol. The molecule has 0 aliphatic heterocycles. The maximum absolute atomic E-state index is 6.06. The Labute approximate surface area is 84.2 Å². The molecule has 2 N–H and O–H groups in total. The van der Waals surface area contributed by atoms with Crippen LogP contribution in [-0.4, -0.2) is 4.98 Å². The van der Waals surface area contributed by atoms with Crippen LogP contribution in [0.25, 0.3) is 0 Å². The fraction of sp³-hybridized carbons (Fsp3) is 0.700. The predicted octanol–water partition coefficient (Wildman–Crippen LogP) is 2.75. The fourth-order valence-electron chi connectivity index (χ4n) is 1.19. The third-order valence-electron chi connectivity index (χ3n) is 2.47. The van der Waals surface area contributed by atoms with Crippen molar-refractivity contribution in [3.05, 3.63) is 16.1 Å². The number of hydrogen-bond donors (Lipinski definition) is 1. The second kappa shape index (κ2) is 4.72. The predicted molar refractivity (Wildman–Crippen MR) is 57.9 cm³/mol. The van der Waals surface area contributed by atoms with Crippen molar-refractivity contribution in [1.29, 1.82) is 0 Å². The van der Waals surface area contributed by atoms with E-state index in [4.69, 9.17) is 5.73 Å². The van der Waals surface area contributed by atoms with Gasteiger partial charge in [-0.15, -0.1) is 11.3 Å². The molecule has 1 aromatic rings. The molecule has 2 atom stereocenters. The summed E-state index contributed by atoms with van der Waals surface area (Å²) in [5.74, 6) is 0.520. The summed E-state index contributed by atoms with van der Waals surface area (Å²) >= 11 is 1.71. The lowest BCUT2D eigenvalue weighted by Crippen LogP contribution is -2.18. The summed E-state index contributed by atoms with van der Waals surface area (Å²) in [5, 5.41) is 3.28. The Morgan fingerprint density at radius 2 is 2.23 bits per heavy atom. The van der Waals surface area contributed by atoms with E-state index in [9.17, 15) is 0 Å². The molecule has 0 aliphatic carbocycles. The summed E-state index contributed by atoms with van der Waals surface area (Å²) in [7, 11) is 0. The van der Waals surface area contributed by atoms with Crippen molar-refractivity contribution < 1.29 is 0 Å². The number of thiazole rings is 1. The quantitative estimate of drug-likeness (QED) is 0.808. The second-order valence-electron chi connectivity index (χ2n) is 3.43. The normalized spacial score (nSPS) is 15.7. The van der Waals surface area contributed by atoms with Crippen LogP contribution in [0.5, 0.6) is 0 Å². The van der Waals surface area contributed by atoms with Crippen LogP contribution in [0.1, 0.15) is 43.9 Å². The Kier molecular flexibility index (Phi) is 3.88. The van der Waals surface area contributed by atoms with E-state index >= 15 is 0 Å². The van der Waals surface area contributed by atoms with Crippen molar-refractivity contribution in [1.82, 2.24) is 4.98 Å². The minimum atomic E-state index is 0.113. The molecule has 0 aromatic carbocycles. The summed E-state index contributed by atoms with van der Waals surface area (Å²) in [6.07, 6.45) is 2.12. The van der Waals surface area contributed by atoms with Crippen LogP contribution in [0.4, 0.5) is 0 Å². The smallest absolute Gasteiger partial charge is 0.0926 e. The third kappa shape index (κ3) is 2.51. The molecule has 0 amide bonds. The zero-order chi connectivity index (χ0) is 9.84. The van der Waals surface area contributed by atoms with Crippen molar-refractivity contribution in [2.24, 2.45) is 11.7 Å². The van der Waals surface area contributed by atoms with Gasteiger partial charge < -0.3 is 5.73 Å². The monoisotopic (exact) mass is 198 g/mol. The largest absolute Gasteiger partial charge is 0.322 e. The van der Waals surface area contributed by atoms with Crippen LogP contribution in [0.15, 0.2) is 5.38 Å². The van der Waals surface area contributed by atoms with E-state index in [-0.39, 0.29) is 6.04 Å². The van der Waals surface area contributed by atoms with Crippen molar-refractivity contribution >= 4 is 11.3 Å². The Morgan fingerprint density at radius 3 is 2.69 bits per heavy atom. The highest BCUT2D eigenvalue weighted by Crippen LogP contribution is 2.23. The third-order valence-corrected chi connectivity index (χ3v) is 3.48. The summed E-state index contributed by atoms with van der Waals surface area (Å²) in [4.78, 5) is 4.49. The van der Waals surface area contributed by atoms with Crippen molar-refractivity contribution in [2.75, 3.05) is 0 Å². The molecule has 1 heterocycles. The molecule has 1 rings (SSSR count).